The fraction of sp³-hybridized carbons (Fsp3) is 0.308. The van der Waals surface area contributed by atoms with E-state index in [1.165, 1.54) is 16.8 Å². The molecule has 6 nitrogen and oxygen atoms in total. The molecule has 1 aromatic carbocycles. The highest BCUT2D eigenvalue weighted by atomic mass is 32.2. The number of nitrogen functional groups attached to an aromatic ring is 1. The summed E-state index contributed by atoms with van der Waals surface area (Å²) in [5, 5.41) is 8.26. The van der Waals surface area contributed by atoms with Crippen LogP contribution in [0.5, 0.6) is 0 Å². The predicted molar refractivity (Wildman–Crippen MR) is 77.5 cm³/mol. The number of nitrogens with zero attached hydrogens (tertiary/aromatic N) is 3. The van der Waals surface area contributed by atoms with Crippen molar-refractivity contribution in [1.82, 2.24) is 14.9 Å². The Bertz CT molecular complexity index is 615. The Morgan fingerprint density at radius 2 is 2.10 bits per heavy atom. The highest BCUT2D eigenvalue weighted by Crippen LogP contribution is 2.21. The van der Waals surface area contributed by atoms with Gasteiger partial charge in [-0.25, -0.2) is 9.07 Å². The number of esters is 1. The van der Waals surface area contributed by atoms with Crippen LogP contribution in [-0.4, -0.2) is 33.2 Å². The molecule has 8 heteroatoms. The number of ether oxygens (including phenoxy) is 1. The second-order valence-corrected chi connectivity index (χ2v) is 5.13. The molecule has 0 aliphatic rings. The van der Waals surface area contributed by atoms with Crippen molar-refractivity contribution in [3.8, 4) is 11.4 Å². The fourth-order valence-corrected chi connectivity index (χ4v) is 2.21. The first-order valence-corrected chi connectivity index (χ1v) is 7.35. The van der Waals surface area contributed by atoms with Gasteiger partial charge in [-0.1, -0.05) is 18.7 Å². The van der Waals surface area contributed by atoms with Crippen LogP contribution in [0.2, 0.25) is 0 Å². The van der Waals surface area contributed by atoms with Crippen molar-refractivity contribution >= 4 is 17.7 Å². The lowest BCUT2D eigenvalue weighted by molar-refractivity contribution is -0.140. The maximum absolute atomic E-state index is 12.9. The van der Waals surface area contributed by atoms with E-state index in [0.29, 0.717) is 23.2 Å². The molecule has 2 aromatic rings. The molecule has 1 aromatic heterocycles. The van der Waals surface area contributed by atoms with Gasteiger partial charge in [-0.05, 0) is 30.7 Å². The summed E-state index contributed by atoms with van der Waals surface area (Å²) in [4.78, 5) is 11.4. The fourth-order valence-electron chi connectivity index (χ4n) is 1.55. The van der Waals surface area contributed by atoms with Gasteiger partial charge in [-0.15, -0.1) is 10.2 Å². The van der Waals surface area contributed by atoms with Crippen LogP contribution < -0.4 is 5.84 Å². The van der Waals surface area contributed by atoms with Crippen molar-refractivity contribution in [2.45, 2.75) is 18.5 Å². The highest BCUT2D eigenvalue weighted by Gasteiger charge is 2.14. The number of carbonyl (C=O) groups is 1. The third-order valence-corrected chi connectivity index (χ3v) is 3.47. The van der Waals surface area contributed by atoms with Crippen LogP contribution in [-0.2, 0) is 9.53 Å². The summed E-state index contributed by atoms with van der Waals surface area (Å²) < 4.78 is 19.1. The molecule has 0 aliphatic heterocycles. The zero-order valence-electron chi connectivity index (χ0n) is 11.5. The van der Waals surface area contributed by atoms with Crippen LogP contribution in [0.1, 0.15) is 13.3 Å². The van der Waals surface area contributed by atoms with Crippen LogP contribution in [0.4, 0.5) is 4.39 Å². The molecule has 0 saturated carbocycles. The van der Waals surface area contributed by atoms with Gasteiger partial charge >= 0.3 is 5.97 Å². The second kappa shape index (κ2) is 7.07. The molecule has 0 bridgehead atoms. The lowest BCUT2D eigenvalue weighted by Gasteiger charge is -2.04. The molecule has 0 radical (unpaired) electrons. The zero-order chi connectivity index (χ0) is 15.2. The van der Waals surface area contributed by atoms with Gasteiger partial charge in [-0.2, -0.15) is 0 Å². The average molecular weight is 310 g/mol. The van der Waals surface area contributed by atoms with Crippen molar-refractivity contribution in [2.75, 3.05) is 18.2 Å². The minimum Gasteiger partial charge on any atom is -0.465 e. The van der Waals surface area contributed by atoms with Gasteiger partial charge in [-0.3, -0.25) is 4.79 Å². The van der Waals surface area contributed by atoms with Gasteiger partial charge in [0.05, 0.1) is 12.4 Å². The summed E-state index contributed by atoms with van der Waals surface area (Å²) in [6, 6.07) is 5.76. The zero-order valence-corrected chi connectivity index (χ0v) is 12.3. The van der Waals surface area contributed by atoms with Gasteiger partial charge in [0, 0.05) is 5.56 Å². The third-order valence-electron chi connectivity index (χ3n) is 2.55. The molecule has 0 amide bonds. The van der Waals surface area contributed by atoms with Crippen molar-refractivity contribution < 1.29 is 13.9 Å². The van der Waals surface area contributed by atoms with Crippen LogP contribution in [0.15, 0.2) is 29.4 Å². The first kappa shape index (κ1) is 15.3. The number of hydrogen-bond donors (Lipinski definition) is 1. The lowest BCUT2D eigenvalue weighted by Crippen LogP contribution is -2.13. The number of hydrogen-bond acceptors (Lipinski definition) is 6. The molecule has 1 heterocycles. The summed E-state index contributed by atoms with van der Waals surface area (Å²) >= 11 is 1.14. The standard InChI is InChI=1S/C13H15FN4O2S/c1-2-7-20-11(19)8-21-13-17-16-12(18(13)15)9-3-5-10(14)6-4-9/h3-6H,2,7-8,15H2,1H3. The van der Waals surface area contributed by atoms with Crippen molar-refractivity contribution in [3.05, 3.63) is 30.1 Å². The topological polar surface area (TPSA) is 83.0 Å². The predicted octanol–water partition coefficient (Wildman–Crippen LogP) is 1.84. The Hall–Kier alpha value is -2.09. The van der Waals surface area contributed by atoms with Crippen molar-refractivity contribution in [2.24, 2.45) is 0 Å². The Kier molecular flexibility index (Phi) is 5.15. The van der Waals surface area contributed by atoms with Crippen molar-refractivity contribution in [1.29, 1.82) is 0 Å². The molecule has 0 fully saturated rings. The van der Waals surface area contributed by atoms with E-state index in [4.69, 9.17) is 10.6 Å². The Labute approximate surface area is 125 Å². The molecule has 112 valence electrons. The highest BCUT2D eigenvalue weighted by molar-refractivity contribution is 7.99. The summed E-state index contributed by atoms with van der Waals surface area (Å²) in [6.07, 6.45) is 0.776. The maximum Gasteiger partial charge on any atom is 0.316 e. The SMILES string of the molecule is CCCOC(=O)CSc1nnc(-c2ccc(F)cc2)n1N. The molecule has 0 spiro atoms. The third kappa shape index (κ3) is 3.94. The quantitative estimate of drug-likeness (QED) is 0.498. The minimum absolute atomic E-state index is 0.110. The number of benzene rings is 1. The van der Waals surface area contributed by atoms with Crippen LogP contribution in [0, 0.1) is 5.82 Å². The molecule has 0 aliphatic carbocycles. The first-order valence-electron chi connectivity index (χ1n) is 6.36. The van der Waals surface area contributed by atoms with Crippen LogP contribution in [0.3, 0.4) is 0 Å². The number of aromatic nitrogens is 3. The van der Waals surface area contributed by atoms with Gasteiger partial charge in [0.1, 0.15) is 5.82 Å². The Morgan fingerprint density at radius 1 is 1.38 bits per heavy atom. The molecular formula is C13H15FN4O2S. The largest absolute Gasteiger partial charge is 0.465 e. The normalized spacial score (nSPS) is 10.6. The summed E-state index contributed by atoms with van der Waals surface area (Å²) in [5.41, 5.74) is 0.645. The van der Waals surface area contributed by atoms with E-state index in [-0.39, 0.29) is 17.5 Å². The average Bonchev–Trinajstić information content (AvgIpc) is 2.85. The molecule has 2 rings (SSSR count). The minimum atomic E-state index is -0.338. The summed E-state index contributed by atoms with van der Waals surface area (Å²) in [7, 11) is 0. The number of halogens is 1. The van der Waals surface area contributed by atoms with E-state index in [0.717, 1.165) is 18.2 Å². The number of thioether (sulfide) groups is 1. The molecule has 2 N–H and O–H groups in total. The number of carbonyl (C=O) groups excluding carboxylic acids is 1. The van der Waals surface area contributed by atoms with Gasteiger partial charge in [0.2, 0.25) is 5.16 Å². The molecule has 0 unspecified atom stereocenters. The molecular weight excluding hydrogens is 295 g/mol. The Morgan fingerprint density at radius 3 is 2.76 bits per heavy atom. The van der Waals surface area contributed by atoms with Gasteiger partial charge < -0.3 is 10.6 Å². The number of nitrogens with two attached hydrogens (primary N) is 1. The van der Waals surface area contributed by atoms with E-state index < -0.39 is 0 Å². The van der Waals surface area contributed by atoms with Crippen molar-refractivity contribution in [3.63, 3.8) is 0 Å². The van der Waals surface area contributed by atoms with Crippen LogP contribution >= 0.6 is 11.8 Å². The Balaban J connectivity index is 2.03. The molecule has 0 saturated heterocycles. The monoisotopic (exact) mass is 310 g/mol. The van der Waals surface area contributed by atoms with Gasteiger partial charge in [0.25, 0.3) is 0 Å². The first-order chi connectivity index (χ1) is 10.1. The molecule has 21 heavy (non-hydrogen) atoms. The van der Waals surface area contributed by atoms with E-state index in [1.807, 2.05) is 6.92 Å². The second-order valence-electron chi connectivity index (χ2n) is 4.19. The number of rotatable bonds is 6. The summed E-state index contributed by atoms with van der Waals surface area (Å²) in [6.45, 7) is 2.32. The summed E-state index contributed by atoms with van der Waals surface area (Å²) in [5.74, 6) is 5.73. The van der Waals surface area contributed by atoms with E-state index in [1.54, 1.807) is 12.1 Å². The van der Waals surface area contributed by atoms with E-state index >= 15 is 0 Å². The molecule has 0 atom stereocenters. The van der Waals surface area contributed by atoms with E-state index in [2.05, 4.69) is 10.2 Å². The van der Waals surface area contributed by atoms with Gasteiger partial charge in [0.15, 0.2) is 5.82 Å². The smallest absolute Gasteiger partial charge is 0.316 e. The maximum atomic E-state index is 12.9. The van der Waals surface area contributed by atoms with Crippen LogP contribution in [0.25, 0.3) is 11.4 Å². The lowest BCUT2D eigenvalue weighted by atomic mass is 10.2. The van der Waals surface area contributed by atoms with E-state index in [9.17, 15) is 9.18 Å².